The van der Waals surface area contributed by atoms with Crippen LogP contribution in [0.2, 0.25) is 0 Å². The van der Waals surface area contributed by atoms with Gasteiger partial charge in [0.15, 0.2) is 5.03 Å². The van der Waals surface area contributed by atoms with E-state index in [0.717, 1.165) is 27.7 Å². The number of carbonyl (C=O) groups excluding carboxylic acids is 1. The number of hydrogen-bond donors (Lipinski definition) is 0. The fraction of sp³-hybridized carbons (Fsp3) is 0.333. The van der Waals surface area contributed by atoms with E-state index in [-0.39, 0.29) is 17.6 Å². The highest BCUT2D eigenvalue weighted by Crippen LogP contribution is 2.32. The molecule has 1 fully saturated rings. The molecule has 2 aromatic carbocycles. The number of piperazine rings is 1. The van der Waals surface area contributed by atoms with E-state index < -0.39 is 11.0 Å². The molecule has 0 spiro atoms. The number of fused-ring (bicyclic) bond motifs is 1. The highest BCUT2D eigenvalue weighted by Gasteiger charge is 2.33. The van der Waals surface area contributed by atoms with E-state index in [9.17, 15) is 13.4 Å². The molecule has 9 nitrogen and oxygen atoms in total. The first-order valence-corrected chi connectivity index (χ1v) is 12.4. The Bertz CT molecular complexity index is 1420. The van der Waals surface area contributed by atoms with Gasteiger partial charge in [-0.15, -0.1) is 5.10 Å². The van der Waals surface area contributed by atoms with E-state index in [0.29, 0.717) is 31.2 Å². The zero-order valence-corrected chi connectivity index (χ0v) is 20.6. The second-order valence-electron chi connectivity index (χ2n) is 8.80. The summed E-state index contributed by atoms with van der Waals surface area (Å²) in [6.07, 6.45) is 3.31. The van der Waals surface area contributed by atoms with Crippen LogP contribution in [0.5, 0.6) is 0 Å². The molecule has 1 aliphatic heterocycles. The summed E-state index contributed by atoms with van der Waals surface area (Å²) in [5.41, 5.74) is 3.77. The summed E-state index contributed by atoms with van der Waals surface area (Å²) in [6.45, 7) is 5.57. The van der Waals surface area contributed by atoms with Crippen LogP contribution in [-0.2, 0) is 22.8 Å². The number of Topliss-reactive ketones (excluding diaryl/α,β-unsaturated/α-hetero) is 1. The monoisotopic (exact) mass is 495 g/mol. The van der Waals surface area contributed by atoms with Crippen LogP contribution in [0, 0.1) is 12.7 Å². The number of hydrogen-bond acceptors (Lipinski definition) is 6. The van der Waals surface area contributed by atoms with Crippen molar-refractivity contribution in [3.05, 3.63) is 65.7 Å². The number of ketones is 1. The molecule has 0 radical (unpaired) electrons. The Kier molecular flexibility index (Phi) is 6.30. The van der Waals surface area contributed by atoms with E-state index >= 15 is 0 Å². The molecule has 0 bridgehead atoms. The van der Waals surface area contributed by atoms with Crippen LogP contribution in [0.25, 0.3) is 16.6 Å². The van der Waals surface area contributed by atoms with Gasteiger partial charge in [-0.25, -0.2) is 17.6 Å². The molecule has 2 unspecified atom stereocenters. The molecular formula is C24H26FN7O2S. The first-order chi connectivity index (χ1) is 16.8. The Hall–Kier alpha value is -3.28. The zero-order chi connectivity index (χ0) is 24.7. The molecule has 1 saturated heterocycles. The lowest BCUT2D eigenvalue weighted by molar-refractivity contribution is -0.119. The fourth-order valence-corrected chi connectivity index (χ4v) is 5.71. The van der Waals surface area contributed by atoms with E-state index in [2.05, 4.69) is 32.3 Å². The van der Waals surface area contributed by atoms with Gasteiger partial charge < -0.3 is 0 Å². The fourth-order valence-electron chi connectivity index (χ4n) is 4.60. The summed E-state index contributed by atoms with van der Waals surface area (Å²) in [5.74, 6) is -0.212. The van der Waals surface area contributed by atoms with Crippen molar-refractivity contribution in [2.45, 2.75) is 24.9 Å². The Balaban J connectivity index is 1.51. The van der Waals surface area contributed by atoms with Gasteiger partial charge in [0, 0.05) is 38.1 Å². The van der Waals surface area contributed by atoms with Crippen molar-refractivity contribution >= 4 is 27.7 Å². The quantitative estimate of drug-likeness (QED) is 0.409. The van der Waals surface area contributed by atoms with Crippen LogP contribution in [0.15, 0.2) is 53.8 Å². The standard InChI is InChI=1S/C24H26FN7O2S/c1-16-10-22-18(12-27-32(22)20-6-4-19(25)5-7-20)11-21(16)23-15-31(9-8-30(23)14-17(2)33)35(34)24-13-26-29(3)28-24/h4-7,10-13,23H,8-9,14-15H2,1-3H3. The van der Waals surface area contributed by atoms with Crippen LogP contribution in [0.1, 0.15) is 24.1 Å². The maximum Gasteiger partial charge on any atom is 0.185 e. The molecule has 182 valence electrons. The van der Waals surface area contributed by atoms with Gasteiger partial charge >= 0.3 is 0 Å². The van der Waals surface area contributed by atoms with Crippen molar-refractivity contribution in [1.82, 2.24) is 34.0 Å². The molecule has 11 heteroatoms. The summed E-state index contributed by atoms with van der Waals surface area (Å²) < 4.78 is 30.3. The minimum absolute atomic E-state index is 0.0846. The summed E-state index contributed by atoms with van der Waals surface area (Å²) >= 11 is 0. The average molecular weight is 496 g/mol. The molecule has 3 heterocycles. The number of rotatable bonds is 6. The largest absolute Gasteiger partial charge is 0.299 e. The van der Waals surface area contributed by atoms with Crippen molar-refractivity contribution < 1.29 is 13.4 Å². The van der Waals surface area contributed by atoms with Gasteiger partial charge in [-0.3, -0.25) is 9.69 Å². The molecule has 35 heavy (non-hydrogen) atoms. The second-order valence-corrected chi connectivity index (χ2v) is 10.2. The molecule has 0 amide bonds. The third kappa shape index (κ3) is 4.66. The smallest absolute Gasteiger partial charge is 0.185 e. The topological polar surface area (TPSA) is 89.2 Å². The molecule has 1 aliphatic rings. The molecule has 2 aromatic heterocycles. The van der Waals surface area contributed by atoms with E-state index in [1.807, 2.05) is 11.2 Å². The van der Waals surface area contributed by atoms with Crippen molar-refractivity contribution in [2.24, 2.45) is 7.05 Å². The Morgan fingerprint density at radius 1 is 1.14 bits per heavy atom. The molecule has 5 rings (SSSR count). The summed E-state index contributed by atoms with van der Waals surface area (Å²) in [4.78, 5) is 15.6. The Labute approximate surface area is 204 Å². The zero-order valence-electron chi connectivity index (χ0n) is 19.8. The van der Waals surface area contributed by atoms with Gasteiger partial charge in [0.25, 0.3) is 0 Å². The number of aryl methyl sites for hydroxylation is 2. The van der Waals surface area contributed by atoms with E-state index in [1.165, 1.54) is 23.1 Å². The predicted molar refractivity (Wildman–Crippen MR) is 130 cm³/mol. The van der Waals surface area contributed by atoms with Crippen LogP contribution in [0.4, 0.5) is 4.39 Å². The van der Waals surface area contributed by atoms with Crippen molar-refractivity contribution in [2.75, 3.05) is 26.2 Å². The first-order valence-electron chi connectivity index (χ1n) is 11.3. The summed E-state index contributed by atoms with van der Waals surface area (Å²) in [7, 11) is 0.246. The lowest BCUT2D eigenvalue weighted by atomic mass is 9.96. The number of nitrogens with zero attached hydrogens (tertiary/aromatic N) is 7. The van der Waals surface area contributed by atoms with Crippen LogP contribution >= 0.6 is 0 Å². The van der Waals surface area contributed by atoms with E-state index in [4.69, 9.17) is 0 Å². The Morgan fingerprint density at radius 3 is 2.60 bits per heavy atom. The lowest BCUT2D eigenvalue weighted by Crippen LogP contribution is -2.50. The van der Waals surface area contributed by atoms with Gasteiger partial charge in [-0.1, -0.05) is 0 Å². The Morgan fingerprint density at radius 2 is 1.91 bits per heavy atom. The molecule has 0 N–H and O–H groups in total. The average Bonchev–Trinajstić information content (AvgIpc) is 3.44. The predicted octanol–water partition coefficient (Wildman–Crippen LogP) is 2.57. The summed E-state index contributed by atoms with van der Waals surface area (Å²) in [5, 5.41) is 14.1. The highest BCUT2D eigenvalue weighted by atomic mass is 32.2. The SMILES string of the molecule is CC(=O)CN1CCN(S(=O)c2cnn(C)n2)CC1c1cc2cnn(-c3ccc(F)cc3)c2cc1C. The lowest BCUT2D eigenvalue weighted by Gasteiger charge is -2.40. The molecule has 0 aliphatic carbocycles. The maximum atomic E-state index is 13.4. The normalized spacial score (nSPS) is 18.2. The maximum absolute atomic E-state index is 13.4. The third-order valence-electron chi connectivity index (χ3n) is 6.26. The van der Waals surface area contributed by atoms with Crippen LogP contribution in [-0.4, -0.2) is 70.2 Å². The van der Waals surface area contributed by atoms with Crippen LogP contribution in [0.3, 0.4) is 0 Å². The number of benzene rings is 2. The number of aromatic nitrogens is 5. The minimum Gasteiger partial charge on any atom is -0.299 e. The number of halogens is 1. The summed E-state index contributed by atoms with van der Waals surface area (Å²) in [6, 6.07) is 10.2. The van der Waals surface area contributed by atoms with Gasteiger partial charge in [0.2, 0.25) is 0 Å². The second kappa shape index (κ2) is 9.40. The highest BCUT2D eigenvalue weighted by molar-refractivity contribution is 7.82. The third-order valence-corrected chi connectivity index (χ3v) is 7.60. The van der Waals surface area contributed by atoms with Gasteiger partial charge in [-0.05, 0) is 61.4 Å². The van der Waals surface area contributed by atoms with Crippen molar-refractivity contribution in [3.8, 4) is 5.69 Å². The molecular weight excluding hydrogens is 469 g/mol. The van der Waals surface area contributed by atoms with Gasteiger partial charge in [0.1, 0.15) is 22.6 Å². The molecule has 4 aromatic rings. The van der Waals surface area contributed by atoms with Crippen LogP contribution < -0.4 is 0 Å². The first kappa shape index (κ1) is 23.5. The van der Waals surface area contributed by atoms with Gasteiger partial charge in [0.05, 0.1) is 30.1 Å². The molecule has 2 atom stereocenters. The van der Waals surface area contributed by atoms with Crippen molar-refractivity contribution in [1.29, 1.82) is 0 Å². The van der Waals surface area contributed by atoms with Crippen molar-refractivity contribution in [3.63, 3.8) is 0 Å². The minimum atomic E-state index is -1.45. The van der Waals surface area contributed by atoms with Gasteiger partial charge in [-0.2, -0.15) is 15.0 Å². The van der Waals surface area contributed by atoms with E-state index in [1.54, 1.807) is 37.0 Å². The molecule has 0 saturated carbocycles. The number of carbonyl (C=O) groups is 1.